The lowest BCUT2D eigenvalue weighted by atomic mass is 9.80. The van der Waals surface area contributed by atoms with Gasteiger partial charge < -0.3 is 5.32 Å². The van der Waals surface area contributed by atoms with Crippen LogP contribution in [0, 0.1) is 17.6 Å². The fourth-order valence-electron chi connectivity index (χ4n) is 2.62. The summed E-state index contributed by atoms with van der Waals surface area (Å²) in [5.41, 5.74) is 0.486. The van der Waals surface area contributed by atoms with E-state index >= 15 is 0 Å². The van der Waals surface area contributed by atoms with Crippen molar-refractivity contribution in [3.8, 4) is 0 Å². The van der Waals surface area contributed by atoms with Crippen LogP contribution in [0.25, 0.3) is 0 Å². The average Bonchev–Trinajstić information content (AvgIpc) is 2.28. The fraction of sp³-hybridized carbons (Fsp3) is 0.600. The van der Waals surface area contributed by atoms with Gasteiger partial charge in [-0.25, -0.2) is 8.78 Å². The highest BCUT2D eigenvalue weighted by atomic mass is 19.1. The van der Waals surface area contributed by atoms with Gasteiger partial charge in [-0.3, -0.25) is 0 Å². The van der Waals surface area contributed by atoms with Crippen molar-refractivity contribution in [2.24, 2.45) is 5.92 Å². The molecule has 1 aromatic carbocycles. The molecule has 0 radical (unpaired) electrons. The number of hydrogen-bond acceptors (Lipinski definition) is 1. The molecule has 1 fully saturated rings. The summed E-state index contributed by atoms with van der Waals surface area (Å²) >= 11 is 0. The second kappa shape index (κ2) is 6.28. The maximum atomic E-state index is 13.6. The number of benzene rings is 1. The van der Waals surface area contributed by atoms with Crippen molar-refractivity contribution in [2.75, 3.05) is 6.54 Å². The lowest BCUT2D eigenvalue weighted by molar-refractivity contribution is 0.259. The summed E-state index contributed by atoms with van der Waals surface area (Å²) in [6.45, 7) is 2.92. The van der Waals surface area contributed by atoms with Crippen LogP contribution in [0.2, 0.25) is 0 Å². The summed E-state index contributed by atoms with van der Waals surface area (Å²) in [5, 5.41) is 3.39. The molecule has 1 aromatic rings. The minimum Gasteiger partial charge on any atom is -0.314 e. The Hall–Kier alpha value is -0.960. The van der Waals surface area contributed by atoms with E-state index in [0.717, 1.165) is 18.9 Å². The number of likely N-dealkylation sites (N-methyl/N-ethyl adjacent to an activating group) is 1. The molecule has 100 valence electrons. The number of rotatable bonds is 6. The molecule has 1 aliphatic rings. The van der Waals surface area contributed by atoms with Gasteiger partial charge in [0.1, 0.15) is 11.6 Å². The highest BCUT2D eigenvalue weighted by molar-refractivity contribution is 5.19. The summed E-state index contributed by atoms with van der Waals surface area (Å²) in [7, 11) is 0. The largest absolute Gasteiger partial charge is 0.314 e. The van der Waals surface area contributed by atoms with E-state index in [1.165, 1.54) is 37.5 Å². The van der Waals surface area contributed by atoms with Gasteiger partial charge in [-0.1, -0.05) is 26.2 Å². The van der Waals surface area contributed by atoms with Gasteiger partial charge in [-0.15, -0.1) is 0 Å². The van der Waals surface area contributed by atoms with Crippen LogP contribution < -0.4 is 5.32 Å². The molecule has 1 aliphatic carbocycles. The average molecular weight is 253 g/mol. The predicted molar refractivity (Wildman–Crippen MR) is 69.5 cm³/mol. The molecule has 0 amide bonds. The summed E-state index contributed by atoms with van der Waals surface area (Å²) in [4.78, 5) is 0. The van der Waals surface area contributed by atoms with Crippen LogP contribution in [0.15, 0.2) is 18.2 Å². The molecule has 0 bridgehead atoms. The van der Waals surface area contributed by atoms with Crippen molar-refractivity contribution in [3.63, 3.8) is 0 Å². The molecule has 0 heterocycles. The van der Waals surface area contributed by atoms with Crippen molar-refractivity contribution in [1.29, 1.82) is 0 Å². The van der Waals surface area contributed by atoms with Gasteiger partial charge >= 0.3 is 0 Å². The monoisotopic (exact) mass is 253 g/mol. The van der Waals surface area contributed by atoms with Crippen molar-refractivity contribution >= 4 is 0 Å². The third-order valence-corrected chi connectivity index (χ3v) is 3.81. The van der Waals surface area contributed by atoms with Gasteiger partial charge in [-0.05, 0) is 49.1 Å². The van der Waals surface area contributed by atoms with E-state index in [1.54, 1.807) is 0 Å². The molecule has 1 N–H and O–H groups in total. The Morgan fingerprint density at radius 3 is 2.72 bits per heavy atom. The number of nitrogens with one attached hydrogen (secondary N) is 1. The third kappa shape index (κ3) is 3.52. The molecule has 0 aromatic heterocycles. The van der Waals surface area contributed by atoms with E-state index in [0.29, 0.717) is 12.0 Å². The topological polar surface area (TPSA) is 12.0 Å². The van der Waals surface area contributed by atoms with E-state index < -0.39 is 0 Å². The van der Waals surface area contributed by atoms with Crippen LogP contribution in [0.1, 0.15) is 38.2 Å². The lowest BCUT2D eigenvalue weighted by Gasteiger charge is -2.30. The lowest BCUT2D eigenvalue weighted by Crippen LogP contribution is -2.34. The minimum atomic E-state index is -0.356. The summed E-state index contributed by atoms with van der Waals surface area (Å²) in [6.07, 6.45) is 5.54. The zero-order valence-corrected chi connectivity index (χ0v) is 10.9. The Morgan fingerprint density at radius 1 is 1.33 bits per heavy atom. The van der Waals surface area contributed by atoms with Crippen molar-refractivity contribution in [1.82, 2.24) is 5.32 Å². The van der Waals surface area contributed by atoms with E-state index in [4.69, 9.17) is 0 Å². The van der Waals surface area contributed by atoms with Gasteiger partial charge in [0.15, 0.2) is 0 Å². The Balaban J connectivity index is 1.99. The number of halogens is 2. The van der Waals surface area contributed by atoms with E-state index in [1.807, 2.05) is 0 Å². The maximum absolute atomic E-state index is 13.6. The molecule has 0 saturated heterocycles. The molecule has 0 aliphatic heterocycles. The van der Waals surface area contributed by atoms with Crippen LogP contribution in [0.5, 0.6) is 0 Å². The zero-order valence-electron chi connectivity index (χ0n) is 10.9. The van der Waals surface area contributed by atoms with Crippen molar-refractivity contribution < 1.29 is 8.78 Å². The second-order valence-corrected chi connectivity index (χ2v) is 5.23. The molecular weight excluding hydrogens is 232 g/mol. The van der Waals surface area contributed by atoms with E-state index in [-0.39, 0.29) is 17.7 Å². The molecular formula is C15H21F2N. The second-order valence-electron chi connectivity index (χ2n) is 5.23. The molecule has 3 heteroatoms. The van der Waals surface area contributed by atoms with Gasteiger partial charge in [0.05, 0.1) is 0 Å². The molecule has 1 atom stereocenters. The van der Waals surface area contributed by atoms with Gasteiger partial charge in [0.2, 0.25) is 0 Å². The normalized spacial score (nSPS) is 17.5. The van der Waals surface area contributed by atoms with E-state index in [2.05, 4.69) is 12.2 Å². The third-order valence-electron chi connectivity index (χ3n) is 3.81. The summed E-state index contributed by atoms with van der Waals surface area (Å²) in [6, 6.07) is 3.97. The molecule has 1 nitrogen and oxygen atoms in total. The molecule has 0 spiro atoms. The predicted octanol–water partition coefficient (Wildman–Crippen LogP) is 3.68. The first-order chi connectivity index (χ1) is 8.69. The Kier molecular flexibility index (Phi) is 4.70. The Bertz CT molecular complexity index is 388. The first kappa shape index (κ1) is 13.5. The van der Waals surface area contributed by atoms with Crippen molar-refractivity contribution in [2.45, 2.75) is 45.1 Å². The SMILES string of the molecule is CCNC(Cc1cc(F)ccc1F)CC1CCC1. The molecule has 1 unspecified atom stereocenters. The Labute approximate surface area is 108 Å². The highest BCUT2D eigenvalue weighted by Crippen LogP contribution is 2.31. The summed E-state index contributed by atoms with van der Waals surface area (Å²) < 4.78 is 26.7. The van der Waals surface area contributed by atoms with Crippen LogP contribution in [0.3, 0.4) is 0 Å². The van der Waals surface area contributed by atoms with Crippen LogP contribution in [-0.2, 0) is 6.42 Å². The smallest absolute Gasteiger partial charge is 0.126 e. The molecule has 1 saturated carbocycles. The quantitative estimate of drug-likeness (QED) is 0.815. The van der Waals surface area contributed by atoms with Crippen molar-refractivity contribution in [3.05, 3.63) is 35.4 Å². The van der Waals surface area contributed by atoms with Crippen LogP contribution in [0.4, 0.5) is 8.78 Å². The fourth-order valence-corrected chi connectivity index (χ4v) is 2.62. The minimum absolute atomic E-state index is 0.261. The van der Waals surface area contributed by atoms with Crippen LogP contribution in [-0.4, -0.2) is 12.6 Å². The zero-order chi connectivity index (χ0) is 13.0. The first-order valence-electron chi connectivity index (χ1n) is 6.86. The van der Waals surface area contributed by atoms with Crippen LogP contribution >= 0.6 is 0 Å². The first-order valence-corrected chi connectivity index (χ1v) is 6.86. The van der Waals surface area contributed by atoms with Gasteiger partial charge in [0, 0.05) is 6.04 Å². The highest BCUT2D eigenvalue weighted by Gasteiger charge is 2.22. The molecule has 2 rings (SSSR count). The standard InChI is InChI=1S/C15H21F2N/c1-2-18-14(8-11-4-3-5-11)10-12-9-13(16)6-7-15(12)17/h6-7,9,11,14,18H,2-5,8,10H2,1H3. The van der Waals surface area contributed by atoms with Gasteiger partial charge in [-0.2, -0.15) is 0 Å². The maximum Gasteiger partial charge on any atom is 0.126 e. The Morgan fingerprint density at radius 2 is 2.11 bits per heavy atom. The molecule has 18 heavy (non-hydrogen) atoms. The van der Waals surface area contributed by atoms with E-state index in [9.17, 15) is 8.78 Å². The van der Waals surface area contributed by atoms with Gasteiger partial charge in [0.25, 0.3) is 0 Å². The summed E-state index contributed by atoms with van der Waals surface area (Å²) in [5.74, 6) is 0.115. The number of hydrogen-bond donors (Lipinski definition) is 1.